The van der Waals surface area contributed by atoms with Crippen LogP contribution >= 0.6 is 0 Å². The van der Waals surface area contributed by atoms with Crippen molar-refractivity contribution in [3.8, 4) is 11.1 Å². The SMILES string of the molecule is CN(CCON=C1CCN(c2ncc(-c3cccc(CO)c3F)cn2)CC1)C(=O)OC(C)(C)C. The maximum Gasteiger partial charge on any atom is 0.410 e. The highest BCUT2D eigenvalue weighted by Crippen LogP contribution is 2.25. The second-order valence-electron chi connectivity index (χ2n) is 9.09. The molecule has 9 nitrogen and oxygen atoms in total. The fraction of sp³-hybridized carbons (Fsp3) is 0.500. The van der Waals surface area contributed by atoms with E-state index in [1.54, 1.807) is 37.6 Å². The van der Waals surface area contributed by atoms with Gasteiger partial charge in [0.25, 0.3) is 0 Å². The highest BCUT2D eigenvalue weighted by atomic mass is 19.1. The Morgan fingerprint density at radius 2 is 1.91 bits per heavy atom. The molecule has 1 aliphatic rings. The van der Waals surface area contributed by atoms with Crippen molar-refractivity contribution >= 4 is 17.8 Å². The first-order chi connectivity index (χ1) is 16.2. The van der Waals surface area contributed by atoms with Crippen LogP contribution in [-0.2, 0) is 16.2 Å². The topological polar surface area (TPSA) is 100 Å². The zero-order valence-corrected chi connectivity index (χ0v) is 20.1. The fourth-order valence-corrected chi connectivity index (χ4v) is 3.35. The Morgan fingerprint density at radius 1 is 1.24 bits per heavy atom. The van der Waals surface area contributed by atoms with Gasteiger partial charge in [-0.3, -0.25) is 0 Å². The summed E-state index contributed by atoms with van der Waals surface area (Å²) in [6.45, 7) is 7.14. The van der Waals surface area contributed by atoms with Crippen molar-refractivity contribution in [2.45, 2.75) is 45.8 Å². The monoisotopic (exact) mass is 473 g/mol. The number of hydrogen-bond acceptors (Lipinski definition) is 8. The number of anilines is 1. The molecule has 34 heavy (non-hydrogen) atoms. The molecule has 0 saturated carbocycles. The number of aromatic nitrogens is 2. The number of piperidine rings is 1. The Morgan fingerprint density at radius 3 is 2.53 bits per heavy atom. The lowest BCUT2D eigenvalue weighted by Gasteiger charge is -2.27. The number of carbonyl (C=O) groups excluding carboxylic acids is 1. The number of amides is 1. The van der Waals surface area contributed by atoms with Crippen LogP contribution in [0.3, 0.4) is 0 Å². The lowest BCUT2D eigenvalue weighted by atomic mass is 10.1. The van der Waals surface area contributed by atoms with Crippen molar-refractivity contribution < 1.29 is 23.9 Å². The highest BCUT2D eigenvalue weighted by Gasteiger charge is 2.20. The van der Waals surface area contributed by atoms with Gasteiger partial charge in [0.05, 0.1) is 18.9 Å². The van der Waals surface area contributed by atoms with Crippen LogP contribution in [-0.4, -0.2) is 70.7 Å². The first-order valence-corrected chi connectivity index (χ1v) is 11.3. The minimum Gasteiger partial charge on any atom is -0.444 e. The molecule has 0 spiro atoms. The second-order valence-corrected chi connectivity index (χ2v) is 9.09. The molecule has 1 aromatic carbocycles. The zero-order valence-electron chi connectivity index (χ0n) is 20.1. The van der Waals surface area contributed by atoms with Crippen LogP contribution < -0.4 is 4.90 Å². The number of likely N-dealkylation sites (N-methyl/N-ethyl adjacent to an activating group) is 1. The van der Waals surface area contributed by atoms with Gasteiger partial charge in [-0.2, -0.15) is 0 Å². The zero-order chi connectivity index (χ0) is 24.7. The Labute approximate surface area is 199 Å². The van der Waals surface area contributed by atoms with Gasteiger partial charge in [-0.1, -0.05) is 23.4 Å². The molecule has 1 fully saturated rings. The van der Waals surface area contributed by atoms with Crippen molar-refractivity contribution in [2.24, 2.45) is 5.16 Å². The number of halogens is 1. The molecule has 0 aliphatic carbocycles. The van der Waals surface area contributed by atoms with E-state index < -0.39 is 17.5 Å². The quantitative estimate of drug-likeness (QED) is 0.484. The Bertz CT molecular complexity index is 997. The van der Waals surface area contributed by atoms with E-state index in [-0.39, 0.29) is 18.8 Å². The smallest absolute Gasteiger partial charge is 0.410 e. The van der Waals surface area contributed by atoms with Gasteiger partial charge in [0.1, 0.15) is 18.0 Å². The number of carbonyl (C=O) groups is 1. The molecule has 1 amide bonds. The number of benzene rings is 1. The summed E-state index contributed by atoms with van der Waals surface area (Å²) in [5.41, 5.74) is 1.56. The highest BCUT2D eigenvalue weighted by molar-refractivity contribution is 5.86. The van der Waals surface area contributed by atoms with E-state index in [0.29, 0.717) is 49.6 Å². The third-order valence-electron chi connectivity index (χ3n) is 5.24. The van der Waals surface area contributed by atoms with Crippen molar-refractivity contribution in [3.05, 3.63) is 42.0 Å². The van der Waals surface area contributed by atoms with Gasteiger partial charge < -0.3 is 24.5 Å². The van der Waals surface area contributed by atoms with E-state index in [1.165, 1.54) is 4.90 Å². The van der Waals surface area contributed by atoms with Gasteiger partial charge in [0, 0.05) is 62.1 Å². The minimum atomic E-state index is -0.536. The molecule has 2 aromatic rings. The van der Waals surface area contributed by atoms with Crippen LogP contribution in [0.15, 0.2) is 35.7 Å². The molecule has 184 valence electrons. The van der Waals surface area contributed by atoms with Gasteiger partial charge in [-0.05, 0) is 20.8 Å². The molecule has 0 bridgehead atoms. The molecule has 10 heteroatoms. The summed E-state index contributed by atoms with van der Waals surface area (Å²) >= 11 is 0. The molecule has 2 heterocycles. The van der Waals surface area contributed by atoms with Gasteiger partial charge in [0.2, 0.25) is 5.95 Å². The number of hydrogen-bond donors (Lipinski definition) is 1. The summed E-state index contributed by atoms with van der Waals surface area (Å²) in [7, 11) is 1.66. The molecule has 0 radical (unpaired) electrons. The molecular weight excluding hydrogens is 441 g/mol. The number of rotatable bonds is 7. The molecule has 3 rings (SSSR count). The number of aliphatic hydroxyl groups is 1. The van der Waals surface area contributed by atoms with Crippen molar-refractivity contribution in [1.29, 1.82) is 0 Å². The predicted octanol–water partition coefficient (Wildman–Crippen LogP) is 3.61. The second kappa shape index (κ2) is 11.2. The average Bonchev–Trinajstić information content (AvgIpc) is 2.81. The van der Waals surface area contributed by atoms with E-state index in [1.807, 2.05) is 25.7 Å². The van der Waals surface area contributed by atoms with Gasteiger partial charge in [-0.25, -0.2) is 19.2 Å². The maximum atomic E-state index is 14.5. The number of oxime groups is 1. The minimum absolute atomic E-state index is 0.239. The predicted molar refractivity (Wildman–Crippen MR) is 127 cm³/mol. The third-order valence-corrected chi connectivity index (χ3v) is 5.24. The first kappa shape index (κ1) is 25.4. The molecule has 0 unspecified atom stereocenters. The Balaban J connectivity index is 1.47. The van der Waals surface area contributed by atoms with Crippen LogP contribution in [0.25, 0.3) is 11.1 Å². The molecular formula is C24H32FN5O4. The molecule has 1 aromatic heterocycles. The summed E-state index contributed by atoms with van der Waals surface area (Å²) in [5.74, 6) is 0.110. The van der Waals surface area contributed by atoms with E-state index in [2.05, 4.69) is 15.1 Å². The van der Waals surface area contributed by atoms with Gasteiger partial charge in [-0.15, -0.1) is 0 Å². The Kier molecular flexibility index (Phi) is 8.38. The summed E-state index contributed by atoms with van der Waals surface area (Å²) in [4.78, 5) is 29.6. The van der Waals surface area contributed by atoms with Crippen LogP contribution in [0.5, 0.6) is 0 Å². The average molecular weight is 474 g/mol. The molecule has 1 aliphatic heterocycles. The number of ether oxygens (including phenoxy) is 1. The van der Waals surface area contributed by atoms with Crippen molar-refractivity contribution in [1.82, 2.24) is 14.9 Å². The molecule has 1 N–H and O–H groups in total. The van der Waals surface area contributed by atoms with Crippen LogP contribution in [0.4, 0.5) is 15.1 Å². The van der Waals surface area contributed by atoms with Crippen LogP contribution in [0.1, 0.15) is 39.2 Å². The normalized spacial score (nSPS) is 14.1. The van der Waals surface area contributed by atoms with E-state index in [4.69, 9.17) is 9.57 Å². The lowest BCUT2D eigenvalue weighted by Crippen LogP contribution is -2.36. The fourth-order valence-electron chi connectivity index (χ4n) is 3.35. The van der Waals surface area contributed by atoms with Gasteiger partial charge >= 0.3 is 6.09 Å². The summed E-state index contributed by atoms with van der Waals surface area (Å²) in [6.07, 6.45) is 4.21. The molecule has 0 atom stereocenters. The lowest BCUT2D eigenvalue weighted by molar-refractivity contribution is 0.0235. The van der Waals surface area contributed by atoms with Crippen LogP contribution in [0.2, 0.25) is 0 Å². The third kappa shape index (κ3) is 6.86. The van der Waals surface area contributed by atoms with Crippen LogP contribution in [0, 0.1) is 5.82 Å². The van der Waals surface area contributed by atoms with E-state index >= 15 is 0 Å². The van der Waals surface area contributed by atoms with Crippen molar-refractivity contribution in [3.63, 3.8) is 0 Å². The largest absolute Gasteiger partial charge is 0.444 e. The standard InChI is InChI=1S/C24H32FN5O4/c1-24(2,3)34-23(32)29(4)12-13-33-28-19-8-10-30(11-9-19)22-26-14-18(15-27-22)20-7-5-6-17(16-31)21(20)25/h5-7,14-15,31H,8-13,16H2,1-4H3. The number of aliphatic hydroxyl groups excluding tert-OH is 1. The van der Waals surface area contributed by atoms with Crippen molar-refractivity contribution in [2.75, 3.05) is 38.2 Å². The summed E-state index contributed by atoms with van der Waals surface area (Å²) < 4.78 is 19.8. The van der Waals surface area contributed by atoms with E-state index in [0.717, 1.165) is 5.71 Å². The number of nitrogens with zero attached hydrogens (tertiary/aromatic N) is 5. The van der Waals surface area contributed by atoms with Gasteiger partial charge in [0.15, 0.2) is 0 Å². The Hall–Kier alpha value is -3.27. The first-order valence-electron chi connectivity index (χ1n) is 11.3. The molecule has 1 saturated heterocycles. The summed E-state index contributed by atoms with van der Waals surface area (Å²) in [5, 5.41) is 13.5. The van der Waals surface area contributed by atoms with E-state index in [9.17, 15) is 14.3 Å². The maximum absolute atomic E-state index is 14.5. The summed E-state index contributed by atoms with van der Waals surface area (Å²) in [6, 6.07) is 4.88.